The average molecular weight is 467 g/mol. The van der Waals surface area contributed by atoms with Crippen molar-refractivity contribution in [1.82, 2.24) is 5.43 Å². The Morgan fingerprint density at radius 2 is 1.55 bits per heavy atom. The maximum Gasteiger partial charge on any atom is 0.343 e. The summed E-state index contributed by atoms with van der Waals surface area (Å²) < 4.78 is 16.4. The first kappa shape index (κ1) is 23.8. The van der Waals surface area contributed by atoms with Crippen molar-refractivity contribution in [1.29, 1.82) is 0 Å². The van der Waals surface area contributed by atoms with Gasteiger partial charge in [0.15, 0.2) is 11.5 Å². The van der Waals surface area contributed by atoms with Crippen molar-refractivity contribution in [3.8, 4) is 17.2 Å². The Morgan fingerprint density at radius 1 is 0.879 bits per heavy atom. The highest BCUT2D eigenvalue weighted by atomic mass is 35.5. The van der Waals surface area contributed by atoms with Crippen LogP contribution in [-0.4, -0.2) is 31.3 Å². The molecule has 0 aliphatic carbocycles. The fraction of sp³-hybridized carbons (Fsp3) is 0.160. The van der Waals surface area contributed by atoms with Crippen LogP contribution in [0, 0.1) is 0 Å². The van der Waals surface area contributed by atoms with Gasteiger partial charge in [-0.2, -0.15) is 5.10 Å². The highest BCUT2D eigenvalue weighted by Gasteiger charge is 2.13. The molecule has 0 aromatic heterocycles. The molecule has 1 amide bonds. The summed E-state index contributed by atoms with van der Waals surface area (Å²) in [6.45, 7) is 4.64. The molecule has 0 aliphatic rings. The second kappa shape index (κ2) is 11.7. The van der Waals surface area contributed by atoms with Crippen LogP contribution in [0.5, 0.6) is 17.2 Å². The number of amides is 1. The van der Waals surface area contributed by atoms with Gasteiger partial charge in [-0.25, -0.2) is 10.2 Å². The first-order chi connectivity index (χ1) is 16.0. The van der Waals surface area contributed by atoms with E-state index >= 15 is 0 Å². The van der Waals surface area contributed by atoms with Gasteiger partial charge in [-0.15, -0.1) is 0 Å². The van der Waals surface area contributed by atoms with Crippen LogP contribution in [0.25, 0.3) is 0 Å². The molecule has 0 bridgehead atoms. The molecule has 1 N–H and O–H groups in total. The number of hydrogen-bond acceptors (Lipinski definition) is 6. The predicted octanol–water partition coefficient (Wildman–Crippen LogP) is 5.12. The summed E-state index contributed by atoms with van der Waals surface area (Å²) in [5, 5.41) is 4.52. The van der Waals surface area contributed by atoms with Gasteiger partial charge in [0.2, 0.25) is 0 Å². The number of ether oxygens (including phenoxy) is 3. The Hall–Kier alpha value is -3.84. The van der Waals surface area contributed by atoms with Crippen LogP contribution in [0.4, 0.5) is 0 Å². The number of carbonyl (C=O) groups is 2. The van der Waals surface area contributed by atoms with Crippen LogP contribution >= 0.6 is 11.6 Å². The Bertz CT molecular complexity index is 1130. The van der Waals surface area contributed by atoms with Crippen molar-refractivity contribution in [2.24, 2.45) is 5.10 Å². The van der Waals surface area contributed by atoms with E-state index in [0.717, 1.165) is 0 Å². The van der Waals surface area contributed by atoms with E-state index in [1.807, 2.05) is 13.8 Å². The van der Waals surface area contributed by atoms with Crippen molar-refractivity contribution in [2.45, 2.75) is 13.8 Å². The monoisotopic (exact) mass is 466 g/mol. The molecule has 3 aromatic carbocycles. The van der Waals surface area contributed by atoms with Gasteiger partial charge in [0.25, 0.3) is 5.91 Å². The van der Waals surface area contributed by atoms with Crippen LogP contribution in [0.3, 0.4) is 0 Å². The normalized spacial score (nSPS) is 10.6. The van der Waals surface area contributed by atoms with E-state index in [0.29, 0.717) is 46.4 Å². The number of hydrazone groups is 1. The van der Waals surface area contributed by atoms with Crippen LogP contribution in [0.2, 0.25) is 5.02 Å². The Morgan fingerprint density at radius 3 is 2.21 bits per heavy atom. The maximum atomic E-state index is 12.4. The zero-order valence-electron chi connectivity index (χ0n) is 18.2. The topological polar surface area (TPSA) is 86.2 Å². The van der Waals surface area contributed by atoms with E-state index in [-0.39, 0.29) is 11.7 Å². The lowest BCUT2D eigenvalue weighted by Crippen LogP contribution is -2.17. The molecule has 3 rings (SSSR count). The fourth-order valence-electron chi connectivity index (χ4n) is 2.80. The number of carbonyl (C=O) groups excluding carboxylic acids is 2. The Balaban J connectivity index is 1.66. The molecule has 0 unspecified atom stereocenters. The summed E-state index contributed by atoms with van der Waals surface area (Å²) in [6, 6.07) is 18.1. The smallest absolute Gasteiger partial charge is 0.343 e. The third-order valence-electron chi connectivity index (χ3n) is 4.36. The molecular formula is C25H23ClN2O5. The molecule has 0 heterocycles. The van der Waals surface area contributed by atoms with Gasteiger partial charge >= 0.3 is 5.97 Å². The number of halogens is 1. The number of benzene rings is 3. The SMILES string of the molecule is CCOc1ccc(C(=O)NN=Cc2ccc(OC(=O)c3ccc(Cl)cc3)c(OCC)c2)cc1. The molecule has 0 radical (unpaired) electrons. The van der Waals surface area contributed by atoms with Crippen molar-refractivity contribution in [3.05, 3.63) is 88.4 Å². The summed E-state index contributed by atoms with van der Waals surface area (Å²) >= 11 is 5.86. The predicted molar refractivity (Wildman–Crippen MR) is 127 cm³/mol. The van der Waals surface area contributed by atoms with E-state index in [1.54, 1.807) is 66.7 Å². The number of hydrogen-bond donors (Lipinski definition) is 1. The van der Waals surface area contributed by atoms with Gasteiger partial charge in [0, 0.05) is 10.6 Å². The first-order valence-electron chi connectivity index (χ1n) is 10.3. The average Bonchev–Trinajstić information content (AvgIpc) is 2.82. The third kappa shape index (κ3) is 6.82. The minimum absolute atomic E-state index is 0.271. The second-order valence-corrected chi connectivity index (χ2v) is 7.13. The highest BCUT2D eigenvalue weighted by molar-refractivity contribution is 6.30. The second-order valence-electron chi connectivity index (χ2n) is 6.69. The molecule has 33 heavy (non-hydrogen) atoms. The zero-order valence-corrected chi connectivity index (χ0v) is 19.0. The zero-order chi connectivity index (χ0) is 23.6. The minimum Gasteiger partial charge on any atom is -0.494 e. The lowest BCUT2D eigenvalue weighted by Gasteiger charge is -2.11. The van der Waals surface area contributed by atoms with Gasteiger partial charge in [0.05, 0.1) is 25.0 Å². The molecule has 7 nitrogen and oxygen atoms in total. The lowest BCUT2D eigenvalue weighted by atomic mass is 10.2. The lowest BCUT2D eigenvalue weighted by molar-refractivity contribution is 0.0728. The van der Waals surface area contributed by atoms with Crippen molar-refractivity contribution >= 4 is 29.7 Å². The summed E-state index contributed by atoms with van der Waals surface area (Å²) in [6.07, 6.45) is 1.47. The minimum atomic E-state index is -0.531. The van der Waals surface area contributed by atoms with E-state index in [4.69, 9.17) is 25.8 Å². The van der Waals surface area contributed by atoms with E-state index < -0.39 is 5.97 Å². The van der Waals surface area contributed by atoms with Crippen LogP contribution in [-0.2, 0) is 0 Å². The number of rotatable bonds is 9. The number of esters is 1. The van der Waals surface area contributed by atoms with Crippen LogP contribution in [0.1, 0.15) is 40.1 Å². The summed E-state index contributed by atoms with van der Waals surface area (Å²) in [4.78, 5) is 24.7. The molecule has 8 heteroatoms. The highest BCUT2D eigenvalue weighted by Crippen LogP contribution is 2.29. The van der Waals surface area contributed by atoms with Gasteiger partial charge in [0.1, 0.15) is 5.75 Å². The molecule has 0 atom stereocenters. The van der Waals surface area contributed by atoms with Gasteiger partial charge < -0.3 is 14.2 Å². The van der Waals surface area contributed by atoms with E-state index in [1.165, 1.54) is 6.21 Å². The fourth-order valence-corrected chi connectivity index (χ4v) is 2.93. The number of nitrogens with zero attached hydrogens (tertiary/aromatic N) is 1. The summed E-state index contributed by atoms with van der Waals surface area (Å²) in [5.74, 6) is 0.455. The molecule has 0 saturated heterocycles. The summed E-state index contributed by atoms with van der Waals surface area (Å²) in [7, 11) is 0. The van der Waals surface area contributed by atoms with Gasteiger partial charge in [-0.1, -0.05) is 11.6 Å². The maximum absolute atomic E-state index is 12.4. The van der Waals surface area contributed by atoms with Crippen molar-refractivity contribution < 1.29 is 23.8 Å². The third-order valence-corrected chi connectivity index (χ3v) is 4.61. The number of nitrogens with one attached hydrogen (secondary N) is 1. The van der Waals surface area contributed by atoms with Crippen LogP contribution in [0.15, 0.2) is 71.8 Å². The Labute approximate surface area is 196 Å². The van der Waals surface area contributed by atoms with Crippen molar-refractivity contribution in [2.75, 3.05) is 13.2 Å². The molecule has 3 aromatic rings. The van der Waals surface area contributed by atoms with Crippen LogP contribution < -0.4 is 19.6 Å². The molecule has 0 fully saturated rings. The first-order valence-corrected chi connectivity index (χ1v) is 10.7. The summed E-state index contributed by atoms with van der Waals surface area (Å²) in [5.41, 5.74) is 3.94. The molecular weight excluding hydrogens is 444 g/mol. The van der Waals surface area contributed by atoms with Crippen molar-refractivity contribution in [3.63, 3.8) is 0 Å². The van der Waals surface area contributed by atoms with Gasteiger partial charge in [-0.05, 0) is 86.1 Å². The Kier molecular flexibility index (Phi) is 8.43. The van der Waals surface area contributed by atoms with E-state index in [2.05, 4.69) is 10.5 Å². The van der Waals surface area contributed by atoms with E-state index in [9.17, 15) is 9.59 Å². The molecule has 170 valence electrons. The molecule has 0 saturated carbocycles. The standard InChI is InChI=1S/C25H23ClN2O5/c1-3-31-21-12-8-18(9-13-21)24(29)28-27-16-17-5-14-22(23(15-17)32-4-2)33-25(30)19-6-10-20(26)11-7-19/h5-16H,3-4H2,1-2H3,(H,28,29). The quantitative estimate of drug-likeness (QED) is 0.205. The molecule has 0 aliphatic heterocycles. The largest absolute Gasteiger partial charge is 0.494 e. The van der Waals surface area contributed by atoms with Gasteiger partial charge in [-0.3, -0.25) is 4.79 Å². The molecule has 0 spiro atoms.